The SMILES string of the molecule is Cc1ccc(NC(=O)c2nnc(C(=O)N3CCC(C(=O)NCc4cccc(C)c4)CC3)s2)cc1. The van der Waals surface area contributed by atoms with Gasteiger partial charge in [-0.3, -0.25) is 14.4 Å². The molecule has 1 saturated heterocycles. The molecular formula is C25H27N5O3S. The average Bonchev–Trinajstić information content (AvgIpc) is 3.34. The second-order valence-corrected chi connectivity index (χ2v) is 9.48. The zero-order chi connectivity index (χ0) is 24.1. The van der Waals surface area contributed by atoms with Crippen LogP contribution in [0.5, 0.6) is 0 Å². The van der Waals surface area contributed by atoms with Crippen molar-refractivity contribution in [3.8, 4) is 0 Å². The largest absolute Gasteiger partial charge is 0.352 e. The number of hydrogen-bond acceptors (Lipinski definition) is 6. The first-order valence-corrected chi connectivity index (χ1v) is 12.0. The fourth-order valence-corrected chi connectivity index (χ4v) is 4.57. The number of hydrogen-bond donors (Lipinski definition) is 2. The summed E-state index contributed by atoms with van der Waals surface area (Å²) < 4.78 is 0. The van der Waals surface area contributed by atoms with Gasteiger partial charge in [0.1, 0.15) is 0 Å². The van der Waals surface area contributed by atoms with Crippen LogP contribution in [0.1, 0.15) is 49.1 Å². The van der Waals surface area contributed by atoms with E-state index in [1.165, 1.54) is 0 Å². The van der Waals surface area contributed by atoms with Gasteiger partial charge >= 0.3 is 0 Å². The Bertz CT molecular complexity index is 1180. The van der Waals surface area contributed by atoms with E-state index in [0.29, 0.717) is 38.2 Å². The van der Waals surface area contributed by atoms with E-state index in [1.54, 1.807) is 4.90 Å². The van der Waals surface area contributed by atoms with Crippen LogP contribution in [0.3, 0.4) is 0 Å². The molecule has 0 radical (unpaired) electrons. The van der Waals surface area contributed by atoms with Crippen LogP contribution in [0.15, 0.2) is 48.5 Å². The lowest BCUT2D eigenvalue weighted by Gasteiger charge is -2.30. The number of rotatable bonds is 6. The highest BCUT2D eigenvalue weighted by molar-refractivity contribution is 7.15. The zero-order valence-electron chi connectivity index (χ0n) is 19.2. The molecule has 0 bridgehead atoms. The Morgan fingerprint density at radius 1 is 0.971 bits per heavy atom. The van der Waals surface area contributed by atoms with Crippen LogP contribution < -0.4 is 10.6 Å². The quantitative estimate of drug-likeness (QED) is 0.565. The molecule has 2 N–H and O–H groups in total. The van der Waals surface area contributed by atoms with E-state index in [9.17, 15) is 14.4 Å². The fraction of sp³-hybridized carbons (Fsp3) is 0.320. The number of anilines is 1. The first-order valence-electron chi connectivity index (χ1n) is 11.2. The number of piperidine rings is 1. The number of carbonyl (C=O) groups excluding carboxylic acids is 3. The molecule has 176 valence electrons. The average molecular weight is 478 g/mol. The maximum atomic E-state index is 12.9. The molecule has 3 aromatic rings. The molecule has 1 aliphatic heterocycles. The van der Waals surface area contributed by atoms with Gasteiger partial charge in [-0.25, -0.2) is 0 Å². The minimum Gasteiger partial charge on any atom is -0.352 e. The van der Waals surface area contributed by atoms with E-state index >= 15 is 0 Å². The van der Waals surface area contributed by atoms with Crippen LogP contribution in [-0.4, -0.2) is 45.9 Å². The smallest absolute Gasteiger partial charge is 0.286 e. The Labute approximate surface area is 202 Å². The molecule has 1 fully saturated rings. The summed E-state index contributed by atoms with van der Waals surface area (Å²) in [7, 11) is 0. The van der Waals surface area contributed by atoms with Crippen LogP contribution in [0.4, 0.5) is 5.69 Å². The normalized spacial score (nSPS) is 14.0. The summed E-state index contributed by atoms with van der Waals surface area (Å²) in [6, 6.07) is 15.5. The van der Waals surface area contributed by atoms with Crippen molar-refractivity contribution < 1.29 is 14.4 Å². The number of nitrogens with zero attached hydrogens (tertiary/aromatic N) is 3. The number of aromatic nitrogens is 2. The highest BCUT2D eigenvalue weighted by Crippen LogP contribution is 2.21. The predicted octanol–water partition coefficient (Wildman–Crippen LogP) is 3.58. The van der Waals surface area contributed by atoms with Gasteiger partial charge in [-0.2, -0.15) is 0 Å². The van der Waals surface area contributed by atoms with Crippen molar-refractivity contribution in [3.05, 3.63) is 75.2 Å². The van der Waals surface area contributed by atoms with Crippen molar-refractivity contribution in [1.29, 1.82) is 0 Å². The highest BCUT2D eigenvalue weighted by atomic mass is 32.1. The Morgan fingerprint density at radius 3 is 2.38 bits per heavy atom. The van der Waals surface area contributed by atoms with Crippen LogP contribution in [0.25, 0.3) is 0 Å². The summed E-state index contributed by atoms with van der Waals surface area (Å²) in [5.41, 5.74) is 3.97. The van der Waals surface area contributed by atoms with Gasteiger partial charge < -0.3 is 15.5 Å². The third-order valence-corrected chi connectivity index (χ3v) is 6.72. The van der Waals surface area contributed by atoms with E-state index in [-0.39, 0.29) is 27.7 Å². The molecule has 2 heterocycles. The maximum absolute atomic E-state index is 12.9. The first kappa shape index (κ1) is 23.6. The fourth-order valence-electron chi connectivity index (χ4n) is 3.86. The number of likely N-dealkylation sites (tertiary alicyclic amines) is 1. The molecule has 1 aliphatic rings. The summed E-state index contributed by atoms with van der Waals surface area (Å²) in [4.78, 5) is 39.5. The number of benzene rings is 2. The molecule has 34 heavy (non-hydrogen) atoms. The second-order valence-electron chi connectivity index (χ2n) is 8.51. The van der Waals surface area contributed by atoms with Gasteiger partial charge in [0.2, 0.25) is 15.9 Å². The number of carbonyl (C=O) groups is 3. The molecular weight excluding hydrogens is 450 g/mol. The van der Waals surface area contributed by atoms with Crippen molar-refractivity contribution in [2.24, 2.45) is 5.92 Å². The van der Waals surface area contributed by atoms with Gasteiger partial charge in [-0.05, 0) is 44.4 Å². The Hall–Kier alpha value is -3.59. The zero-order valence-corrected chi connectivity index (χ0v) is 20.0. The van der Waals surface area contributed by atoms with Crippen molar-refractivity contribution in [2.75, 3.05) is 18.4 Å². The van der Waals surface area contributed by atoms with Crippen molar-refractivity contribution in [2.45, 2.75) is 33.2 Å². The molecule has 1 aromatic heterocycles. The van der Waals surface area contributed by atoms with Gasteiger partial charge in [0.05, 0.1) is 0 Å². The molecule has 0 aliphatic carbocycles. The summed E-state index contributed by atoms with van der Waals surface area (Å²) in [6.07, 6.45) is 1.18. The Morgan fingerprint density at radius 2 is 1.68 bits per heavy atom. The van der Waals surface area contributed by atoms with Gasteiger partial charge in [-0.1, -0.05) is 58.9 Å². The Balaban J connectivity index is 1.27. The Kier molecular flexibility index (Phi) is 7.32. The molecule has 0 atom stereocenters. The second kappa shape index (κ2) is 10.6. The number of nitrogens with one attached hydrogen (secondary N) is 2. The highest BCUT2D eigenvalue weighted by Gasteiger charge is 2.29. The maximum Gasteiger partial charge on any atom is 0.286 e. The van der Waals surface area contributed by atoms with Crippen LogP contribution in [-0.2, 0) is 11.3 Å². The molecule has 8 nitrogen and oxygen atoms in total. The van der Waals surface area contributed by atoms with Gasteiger partial charge in [0, 0.05) is 31.2 Å². The molecule has 0 saturated carbocycles. The monoisotopic (exact) mass is 477 g/mol. The van der Waals surface area contributed by atoms with Crippen LogP contribution >= 0.6 is 11.3 Å². The standard InChI is InChI=1S/C25H27N5O3S/c1-16-6-8-20(9-7-16)27-22(32)23-28-29-24(34-23)25(33)30-12-10-19(11-13-30)21(31)26-15-18-5-3-4-17(2)14-18/h3-9,14,19H,10-13,15H2,1-2H3,(H,26,31)(H,27,32). The van der Waals surface area contributed by atoms with E-state index < -0.39 is 5.91 Å². The predicted molar refractivity (Wildman–Crippen MR) is 131 cm³/mol. The van der Waals surface area contributed by atoms with Crippen LogP contribution in [0, 0.1) is 19.8 Å². The van der Waals surface area contributed by atoms with E-state index in [1.807, 2.05) is 56.3 Å². The van der Waals surface area contributed by atoms with E-state index in [0.717, 1.165) is 28.0 Å². The lowest BCUT2D eigenvalue weighted by molar-refractivity contribution is -0.126. The summed E-state index contributed by atoms with van der Waals surface area (Å²) in [5, 5.41) is 13.9. The van der Waals surface area contributed by atoms with E-state index in [4.69, 9.17) is 0 Å². The molecule has 0 unspecified atom stereocenters. The third-order valence-electron chi connectivity index (χ3n) is 5.81. The first-order chi connectivity index (χ1) is 16.4. The molecule has 2 aromatic carbocycles. The summed E-state index contributed by atoms with van der Waals surface area (Å²) >= 11 is 0.974. The minimum atomic E-state index is -0.399. The lowest BCUT2D eigenvalue weighted by atomic mass is 9.95. The van der Waals surface area contributed by atoms with Gasteiger partial charge in [0.15, 0.2) is 0 Å². The molecule has 3 amide bonds. The number of aryl methyl sites for hydroxylation is 2. The topological polar surface area (TPSA) is 104 Å². The van der Waals surface area contributed by atoms with Crippen LogP contribution in [0.2, 0.25) is 0 Å². The molecule has 4 rings (SSSR count). The van der Waals surface area contributed by atoms with E-state index in [2.05, 4.69) is 26.9 Å². The van der Waals surface area contributed by atoms with Gasteiger partial charge in [-0.15, -0.1) is 10.2 Å². The number of amides is 3. The minimum absolute atomic E-state index is 0.0135. The summed E-state index contributed by atoms with van der Waals surface area (Å²) in [6.45, 7) is 5.42. The molecule has 0 spiro atoms. The van der Waals surface area contributed by atoms with Crippen molar-refractivity contribution in [3.63, 3.8) is 0 Å². The summed E-state index contributed by atoms with van der Waals surface area (Å²) in [5.74, 6) is -0.770. The molecule has 9 heteroatoms. The lowest BCUT2D eigenvalue weighted by Crippen LogP contribution is -2.42. The van der Waals surface area contributed by atoms with Gasteiger partial charge in [0.25, 0.3) is 11.8 Å². The third kappa shape index (κ3) is 5.85. The van der Waals surface area contributed by atoms with Crippen molar-refractivity contribution in [1.82, 2.24) is 20.4 Å². The van der Waals surface area contributed by atoms with Crippen molar-refractivity contribution >= 4 is 34.7 Å².